The molecule has 3 nitrogen and oxygen atoms in total. The molecule has 1 aromatic carbocycles. The third-order valence-electron chi connectivity index (χ3n) is 2.94. The van der Waals surface area contributed by atoms with Crippen LogP contribution < -0.4 is 5.73 Å². The number of nitrogens with two attached hydrogens (primary N) is 1. The first-order chi connectivity index (χ1) is 8.13. The fourth-order valence-corrected chi connectivity index (χ4v) is 2.27. The highest BCUT2D eigenvalue weighted by Gasteiger charge is 2.09. The van der Waals surface area contributed by atoms with Gasteiger partial charge in [-0.3, -0.25) is 0 Å². The van der Waals surface area contributed by atoms with Crippen LogP contribution in [-0.4, -0.2) is 16.3 Å². The Kier molecular flexibility index (Phi) is 3.64. The average Bonchev–Trinajstić information content (AvgIpc) is 2.65. The van der Waals surface area contributed by atoms with Gasteiger partial charge in [0.2, 0.25) is 0 Å². The lowest BCUT2D eigenvalue weighted by molar-refractivity contribution is 0.816. The van der Waals surface area contributed by atoms with Gasteiger partial charge in [-0.15, -0.1) is 0 Å². The molecule has 17 heavy (non-hydrogen) atoms. The predicted molar refractivity (Wildman–Crippen MR) is 73.5 cm³/mol. The van der Waals surface area contributed by atoms with Crippen molar-refractivity contribution in [3.05, 3.63) is 45.7 Å². The van der Waals surface area contributed by atoms with Crippen LogP contribution in [0.3, 0.4) is 0 Å². The highest BCUT2D eigenvalue weighted by Crippen LogP contribution is 2.21. The van der Waals surface area contributed by atoms with E-state index < -0.39 is 0 Å². The van der Waals surface area contributed by atoms with E-state index in [1.165, 1.54) is 11.1 Å². The second kappa shape index (κ2) is 5.02. The molecule has 2 N–H and O–H groups in total. The summed E-state index contributed by atoms with van der Waals surface area (Å²) < 4.78 is 2.93. The fraction of sp³-hybridized carbons (Fsp3) is 0.308. The Morgan fingerprint density at radius 1 is 1.35 bits per heavy atom. The molecule has 0 fully saturated rings. The molecule has 2 rings (SSSR count). The Hall–Kier alpha value is -1.13. The quantitative estimate of drug-likeness (QED) is 0.946. The smallest absolute Gasteiger partial charge is 0.0783 e. The molecule has 0 radical (unpaired) electrons. The number of hydrogen-bond acceptors (Lipinski definition) is 2. The van der Waals surface area contributed by atoms with Crippen molar-refractivity contribution < 1.29 is 0 Å². The summed E-state index contributed by atoms with van der Waals surface area (Å²) in [6, 6.07) is 6.24. The van der Waals surface area contributed by atoms with Gasteiger partial charge in [-0.25, -0.2) is 4.68 Å². The highest BCUT2D eigenvalue weighted by molar-refractivity contribution is 9.10. The van der Waals surface area contributed by atoms with Crippen LogP contribution in [0.2, 0.25) is 0 Å². The third kappa shape index (κ3) is 2.42. The second-order valence-electron chi connectivity index (χ2n) is 4.13. The molecule has 0 unspecified atom stereocenters. The van der Waals surface area contributed by atoms with Crippen molar-refractivity contribution in [2.45, 2.75) is 20.3 Å². The lowest BCUT2D eigenvalue weighted by Crippen LogP contribution is -2.05. The van der Waals surface area contributed by atoms with Crippen LogP contribution >= 0.6 is 15.9 Å². The Bertz CT molecular complexity index is 531. The first-order valence-electron chi connectivity index (χ1n) is 5.64. The van der Waals surface area contributed by atoms with Crippen LogP contribution in [0.25, 0.3) is 5.69 Å². The van der Waals surface area contributed by atoms with Crippen molar-refractivity contribution in [3.63, 3.8) is 0 Å². The largest absolute Gasteiger partial charge is 0.330 e. The molecular weight excluding hydrogens is 278 g/mol. The summed E-state index contributed by atoms with van der Waals surface area (Å²) in [5.74, 6) is 0. The Balaban J connectivity index is 2.46. The maximum absolute atomic E-state index is 5.56. The van der Waals surface area contributed by atoms with Gasteiger partial charge in [-0.05, 0) is 53.5 Å². The number of hydrogen-bond donors (Lipinski definition) is 1. The molecule has 0 aliphatic heterocycles. The topological polar surface area (TPSA) is 43.8 Å². The van der Waals surface area contributed by atoms with Crippen molar-refractivity contribution >= 4 is 15.9 Å². The third-order valence-corrected chi connectivity index (χ3v) is 3.61. The second-order valence-corrected chi connectivity index (χ2v) is 4.98. The first kappa shape index (κ1) is 12.3. The predicted octanol–water partition coefficient (Wildman–Crippen LogP) is 2.75. The van der Waals surface area contributed by atoms with Crippen LogP contribution in [0.4, 0.5) is 0 Å². The van der Waals surface area contributed by atoms with E-state index in [4.69, 9.17) is 5.73 Å². The number of nitrogens with zero attached hydrogens (tertiary/aromatic N) is 2. The SMILES string of the molecule is Cc1cccc(-n2cc(Br)c(CCN)n2)c1C. The van der Waals surface area contributed by atoms with E-state index >= 15 is 0 Å². The van der Waals surface area contributed by atoms with Crippen LogP contribution in [0.5, 0.6) is 0 Å². The normalized spacial score (nSPS) is 10.8. The van der Waals surface area contributed by atoms with E-state index in [9.17, 15) is 0 Å². The summed E-state index contributed by atoms with van der Waals surface area (Å²) in [6.07, 6.45) is 2.78. The Morgan fingerprint density at radius 3 is 2.82 bits per heavy atom. The van der Waals surface area contributed by atoms with Gasteiger partial charge in [0.05, 0.1) is 15.9 Å². The van der Waals surface area contributed by atoms with Gasteiger partial charge in [-0.1, -0.05) is 12.1 Å². The summed E-state index contributed by atoms with van der Waals surface area (Å²) in [5.41, 5.74) is 10.2. The zero-order valence-electron chi connectivity index (χ0n) is 10.1. The maximum atomic E-state index is 5.56. The van der Waals surface area contributed by atoms with Gasteiger partial charge >= 0.3 is 0 Å². The molecule has 2 aromatic rings. The van der Waals surface area contributed by atoms with E-state index in [1.54, 1.807) is 0 Å². The van der Waals surface area contributed by atoms with Gasteiger partial charge < -0.3 is 5.73 Å². The molecule has 0 aliphatic carbocycles. The van der Waals surface area contributed by atoms with Gasteiger partial charge in [0, 0.05) is 12.6 Å². The van der Waals surface area contributed by atoms with Crippen molar-refractivity contribution in [2.75, 3.05) is 6.54 Å². The molecule has 1 heterocycles. The van der Waals surface area contributed by atoms with Crippen LogP contribution in [-0.2, 0) is 6.42 Å². The molecule has 0 atom stereocenters. The van der Waals surface area contributed by atoms with Crippen LogP contribution in [0, 0.1) is 13.8 Å². The van der Waals surface area contributed by atoms with Gasteiger partial charge in [0.25, 0.3) is 0 Å². The van der Waals surface area contributed by atoms with Gasteiger partial charge in [-0.2, -0.15) is 5.10 Å². The first-order valence-corrected chi connectivity index (χ1v) is 6.43. The summed E-state index contributed by atoms with van der Waals surface area (Å²) in [4.78, 5) is 0. The number of aryl methyl sites for hydroxylation is 1. The highest BCUT2D eigenvalue weighted by atomic mass is 79.9. The summed E-state index contributed by atoms with van der Waals surface area (Å²) in [7, 11) is 0. The molecule has 0 saturated carbocycles. The molecule has 90 valence electrons. The lowest BCUT2D eigenvalue weighted by atomic mass is 10.1. The monoisotopic (exact) mass is 293 g/mol. The minimum absolute atomic E-state index is 0.614. The maximum Gasteiger partial charge on any atom is 0.0783 e. The van der Waals surface area contributed by atoms with E-state index in [1.807, 2.05) is 10.9 Å². The van der Waals surface area contributed by atoms with Crippen molar-refractivity contribution in [1.82, 2.24) is 9.78 Å². The van der Waals surface area contributed by atoms with Gasteiger partial charge in [0.1, 0.15) is 0 Å². The van der Waals surface area contributed by atoms with Crippen LogP contribution in [0.1, 0.15) is 16.8 Å². The van der Waals surface area contributed by atoms with E-state index in [2.05, 4.69) is 53.1 Å². The van der Waals surface area contributed by atoms with Crippen LogP contribution in [0.15, 0.2) is 28.9 Å². The van der Waals surface area contributed by atoms with Crippen molar-refractivity contribution in [2.24, 2.45) is 5.73 Å². The summed E-state index contributed by atoms with van der Waals surface area (Å²) in [5, 5.41) is 4.56. The molecule has 0 amide bonds. The number of benzene rings is 1. The lowest BCUT2D eigenvalue weighted by Gasteiger charge is -2.07. The number of halogens is 1. The van der Waals surface area contributed by atoms with Crippen molar-refractivity contribution in [1.29, 1.82) is 0 Å². The molecule has 0 bridgehead atoms. The zero-order chi connectivity index (χ0) is 12.4. The number of aromatic nitrogens is 2. The standard InChI is InChI=1S/C13H16BrN3/c1-9-4-3-5-13(10(9)2)17-8-11(14)12(16-17)6-7-15/h3-5,8H,6-7,15H2,1-2H3. The Labute approximate surface area is 110 Å². The molecular formula is C13H16BrN3. The average molecular weight is 294 g/mol. The minimum atomic E-state index is 0.614. The summed E-state index contributed by atoms with van der Waals surface area (Å²) >= 11 is 3.52. The minimum Gasteiger partial charge on any atom is -0.330 e. The number of rotatable bonds is 3. The van der Waals surface area contributed by atoms with E-state index in [-0.39, 0.29) is 0 Å². The molecule has 0 spiro atoms. The van der Waals surface area contributed by atoms with Crippen molar-refractivity contribution in [3.8, 4) is 5.69 Å². The summed E-state index contributed by atoms with van der Waals surface area (Å²) in [6.45, 7) is 4.84. The zero-order valence-corrected chi connectivity index (χ0v) is 11.7. The van der Waals surface area contributed by atoms with E-state index in [0.717, 1.165) is 22.3 Å². The Morgan fingerprint density at radius 2 is 2.12 bits per heavy atom. The molecule has 0 saturated heterocycles. The van der Waals surface area contributed by atoms with E-state index in [0.29, 0.717) is 6.54 Å². The molecule has 0 aliphatic rings. The van der Waals surface area contributed by atoms with Gasteiger partial charge in [0.15, 0.2) is 0 Å². The molecule has 1 aromatic heterocycles. The molecule has 4 heteroatoms. The fourth-order valence-electron chi connectivity index (χ4n) is 1.80.